The van der Waals surface area contributed by atoms with Crippen molar-refractivity contribution in [2.45, 2.75) is 18.8 Å². The molecular formula is C14H17Cl2N3. The van der Waals surface area contributed by atoms with Gasteiger partial charge in [0.25, 0.3) is 0 Å². The maximum Gasteiger partial charge on any atom is 0.0663 e. The molecule has 0 atom stereocenters. The first-order valence-electron chi connectivity index (χ1n) is 6.35. The summed E-state index contributed by atoms with van der Waals surface area (Å²) in [6, 6.07) is 9.98. The van der Waals surface area contributed by atoms with Crippen LogP contribution in [0.5, 0.6) is 0 Å². The van der Waals surface area contributed by atoms with Crippen molar-refractivity contribution in [3.05, 3.63) is 47.2 Å². The van der Waals surface area contributed by atoms with Crippen molar-refractivity contribution in [3.8, 4) is 5.69 Å². The van der Waals surface area contributed by atoms with E-state index in [-0.39, 0.29) is 12.4 Å². The number of piperidine rings is 1. The van der Waals surface area contributed by atoms with Crippen LogP contribution < -0.4 is 5.32 Å². The van der Waals surface area contributed by atoms with Crippen LogP contribution in [-0.2, 0) is 0 Å². The van der Waals surface area contributed by atoms with Gasteiger partial charge in [0.15, 0.2) is 0 Å². The van der Waals surface area contributed by atoms with Crippen molar-refractivity contribution >= 4 is 24.0 Å². The minimum atomic E-state index is 0. The summed E-state index contributed by atoms with van der Waals surface area (Å²) in [5, 5.41) is 8.58. The molecular weight excluding hydrogens is 281 g/mol. The third-order valence-corrected chi connectivity index (χ3v) is 3.72. The van der Waals surface area contributed by atoms with Gasteiger partial charge in [-0.2, -0.15) is 5.10 Å². The standard InChI is InChI=1S/C14H16ClN3.ClH/c15-12-2-1-3-13(10-12)18-14(6-9-17-18)11-4-7-16-8-5-11;/h1-3,6,9-11,16H,4-5,7-8H2;1H. The zero-order chi connectivity index (χ0) is 12.4. The van der Waals surface area contributed by atoms with Gasteiger partial charge in [0.1, 0.15) is 0 Å². The summed E-state index contributed by atoms with van der Waals surface area (Å²) >= 11 is 6.05. The lowest BCUT2D eigenvalue weighted by Gasteiger charge is -2.23. The quantitative estimate of drug-likeness (QED) is 0.920. The van der Waals surface area contributed by atoms with Gasteiger partial charge in [-0.25, -0.2) is 4.68 Å². The van der Waals surface area contributed by atoms with Crippen LogP contribution in [0.1, 0.15) is 24.5 Å². The number of nitrogens with zero attached hydrogens (tertiary/aromatic N) is 2. The maximum absolute atomic E-state index is 6.05. The molecule has 0 radical (unpaired) electrons. The fourth-order valence-electron chi connectivity index (χ4n) is 2.56. The third-order valence-electron chi connectivity index (χ3n) is 3.48. The predicted molar refractivity (Wildman–Crippen MR) is 80.7 cm³/mol. The van der Waals surface area contributed by atoms with Crippen molar-refractivity contribution < 1.29 is 0 Å². The lowest BCUT2D eigenvalue weighted by molar-refractivity contribution is 0.446. The van der Waals surface area contributed by atoms with Crippen LogP contribution in [0.15, 0.2) is 36.5 Å². The first-order chi connectivity index (χ1) is 8.84. The molecule has 2 aromatic rings. The first-order valence-corrected chi connectivity index (χ1v) is 6.73. The molecule has 0 unspecified atom stereocenters. The van der Waals surface area contributed by atoms with Gasteiger partial charge in [-0.3, -0.25) is 0 Å². The highest BCUT2D eigenvalue weighted by Gasteiger charge is 2.19. The Kier molecular flexibility index (Phi) is 4.86. The van der Waals surface area contributed by atoms with Gasteiger partial charge in [0.2, 0.25) is 0 Å². The Balaban J connectivity index is 0.00000133. The Hall–Kier alpha value is -1.03. The molecule has 1 saturated heterocycles. The molecule has 0 bridgehead atoms. The highest BCUT2D eigenvalue weighted by Crippen LogP contribution is 2.27. The van der Waals surface area contributed by atoms with E-state index in [1.807, 2.05) is 35.1 Å². The van der Waals surface area contributed by atoms with E-state index < -0.39 is 0 Å². The zero-order valence-corrected chi connectivity index (χ0v) is 12.1. The van der Waals surface area contributed by atoms with Crippen molar-refractivity contribution in [3.63, 3.8) is 0 Å². The molecule has 1 fully saturated rings. The molecule has 0 aliphatic carbocycles. The van der Waals surface area contributed by atoms with Gasteiger partial charge in [0, 0.05) is 22.8 Å². The number of benzene rings is 1. The monoisotopic (exact) mass is 297 g/mol. The zero-order valence-electron chi connectivity index (χ0n) is 10.6. The van der Waals surface area contributed by atoms with Gasteiger partial charge < -0.3 is 5.32 Å². The molecule has 5 heteroatoms. The summed E-state index contributed by atoms with van der Waals surface area (Å²) < 4.78 is 2.02. The van der Waals surface area contributed by atoms with E-state index in [0.717, 1.165) is 23.8 Å². The fraction of sp³-hybridized carbons (Fsp3) is 0.357. The summed E-state index contributed by atoms with van der Waals surface area (Å²) in [4.78, 5) is 0. The molecule has 1 N–H and O–H groups in total. The number of hydrogen-bond acceptors (Lipinski definition) is 2. The Morgan fingerprint density at radius 2 is 2.00 bits per heavy atom. The number of hydrogen-bond donors (Lipinski definition) is 1. The van der Waals surface area contributed by atoms with Crippen LogP contribution >= 0.6 is 24.0 Å². The largest absolute Gasteiger partial charge is 0.317 e. The molecule has 3 nitrogen and oxygen atoms in total. The van der Waals surface area contributed by atoms with Crippen LogP contribution in [-0.4, -0.2) is 22.9 Å². The highest BCUT2D eigenvalue weighted by atomic mass is 35.5. The second kappa shape index (κ2) is 6.42. The Bertz CT molecular complexity index is 533. The first kappa shape index (κ1) is 14.4. The van der Waals surface area contributed by atoms with Crippen LogP contribution in [0.4, 0.5) is 0 Å². The van der Waals surface area contributed by atoms with Gasteiger partial charge in [-0.1, -0.05) is 17.7 Å². The third kappa shape index (κ3) is 3.11. The van der Waals surface area contributed by atoms with Crippen LogP contribution in [0.2, 0.25) is 5.02 Å². The van der Waals surface area contributed by atoms with E-state index in [4.69, 9.17) is 11.6 Å². The lowest BCUT2D eigenvalue weighted by Crippen LogP contribution is -2.27. The topological polar surface area (TPSA) is 29.9 Å². The van der Waals surface area contributed by atoms with E-state index in [9.17, 15) is 0 Å². The molecule has 3 rings (SSSR count). The highest BCUT2D eigenvalue weighted by molar-refractivity contribution is 6.30. The van der Waals surface area contributed by atoms with Crippen molar-refractivity contribution in [2.24, 2.45) is 0 Å². The molecule has 0 amide bonds. The normalized spacial score (nSPS) is 16.1. The van der Waals surface area contributed by atoms with Gasteiger partial charge >= 0.3 is 0 Å². The van der Waals surface area contributed by atoms with Crippen LogP contribution in [0.25, 0.3) is 5.69 Å². The molecule has 1 aromatic carbocycles. The molecule has 19 heavy (non-hydrogen) atoms. The number of halogens is 2. The minimum absolute atomic E-state index is 0. The molecule has 1 aliphatic heterocycles. The van der Waals surface area contributed by atoms with E-state index in [1.165, 1.54) is 18.5 Å². The summed E-state index contributed by atoms with van der Waals surface area (Å²) in [6.45, 7) is 2.18. The smallest absolute Gasteiger partial charge is 0.0663 e. The second-order valence-electron chi connectivity index (χ2n) is 4.67. The summed E-state index contributed by atoms with van der Waals surface area (Å²) in [6.07, 6.45) is 4.22. The van der Waals surface area contributed by atoms with E-state index in [1.54, 1.807) is 0 Å². The van der Waals surface area contributed by atoms with E-state index in [2.05, 4.69) is 16.5 Å². The SMILES string of the molecule is Cl.Clc1cccc(-n2nccc2C2CCNCC2)c1. The lowest BCUT2D eigenvalue weighted by atomic mass is 9.94. The number of rotatable bonds is 2. The van der Waals surface area contributed by atoms with Crippen molar-refractivity contribution in [1.29, 1.82) is 0 Å². The Labute approximate surface area is 124 Å². The number of aromatic nitrogens is 2. The summed E-state index contributed by atoms with van der Waals surface area (Å²) in [5.74, 6) is 0.590. The van der Waals surface area contributed by atoms with Crippen molar-refractivity contribution in [1.82, 2.24) is 15.1 Å². The average molecular weight is 298 g/mol. The molecule has 1 aliphatic rings. The Morgan fingerprint density at radius 3 is 2.74 bits per heavy atom. The van der Waals surface area contributed by atoms with Crippen molar-refractivity contribution in [2.75, 3.05) is 13.1 Å². The average Bonchev–Trinajstić information content (AvgIpc) is 2.89. The number of nitrogens with one attached hydrogen (secondary N) is 1. The maximum atomic E-state index is 6.05. The van der Waals surface area contributed by atoms with E-state index in [0.29, 0.717) is 5.92 Å². The minimum Gasteiger partial charge on any atom is -0.317 e. The predicted octanol–water partition coefficient (Wildman–Crippen LogP) is 3.41. The molecule has 2 heterocycles. The van der Waals surface area contributed by atoms with Gasteiger partial charge in [-0.15, -0.1) is 12.4 Å². The van der Waals surface area contributed by atoms with Crippen LogP contribution in [0, 0.1) is 0 Å². The summed E-state index contributed by atoms with van der Waals surface area (Å²) in [5.41, 5.74) is 2.33. The van der Waals surface area contributed by atoms with Gasteiger partial charge in [-0.05, 0) is 50.2 Å². The molecule has 0 saturated carbocycles. The van der Waals surface area contributed by atoms with Gasteiger partial charge in [0.05, 0.1) is 5.69 Å². The van der Waals surface area contributed by atoms with Crippen LogP contribution in [0.3, 0.4) is 0 Å². The fourth-order valence-corrected chi connectivity index (χ4v) is 2.75. The molecule has 102 valence electrons. The second-order valence-corrected chi connectivity index (χ2v) is 5.11. The molecule has 1 aromatic heterocycles. The molecule has 0 spiro atoms. The summed E-state index contributed by atoms with van der Waals surface area (Å²) in [7, 11) is 0. The van der Waals surface area contributed by atoms with E-state index >= 15 is 0 Å². The Morgan fingerprint density at radius 1 is 1.21 bits per heavy atom.